The number of nitrogens with one attached hydrogen (secondary N) is 1. The predicted octanol–water partition coefficient (Wildman–Crippen LogP) is 3.13. The first kappa shape index (κ1) is 25.0. The molecule has 33 heavy (non-hydrogen) atoms. The van der Waals surface area contributed by atoms with Gasteiger partial charge in [-0.3, -0.25) is 4.79 Å². The number of carbonyl (C=O) groups is 1. The van der Waals surface area contributed by atoms with Crippen LogP contribution in [0.1, 0.15) is 26.3 Å². The predicted molar refractivity (Wildman–Crippen MR) is 130 cm³/mol. The zero-order valence-electron chi connectivity index (χ0n) is 19.5. The van der Waals surface area contributed by atoms with Gasteiger partial charge < -0.3 is 19.7 Å². The van der Waals surface area contributed by atoms with E-state index in [1.807, 2.05) is 24.3 Å². The van der Waals surface area contributed by atoms with E-state index in [2.05, 4.69) is 17.1 Å². The molecule has 0 bridgehead atoms. The van der Waals surface area contributed by atoms with Crippen molar-refractivity contribution in [1.29, 1.82) is 0 Å². The van der Waals surface area contributed by atoms with Crippen LogP contribution in [0.25, 0.3) is 0 Å². The second-order valence-electron chi connectivity index (χ2n) is 7.70. The number of hydrogen-bond acceptors (Lipinski definition) is 6. The van der Waals surface area contributed by atoms with Gasteiger partial charge in [0.2, 0.25) is 10.0 Å². The van der Waals surface area contributed by atoms with Crippen LogP contribution in [-0.4, -0.2) is 64.6 Å². The van der Waals surface area contributed by atoms with E-state index in [1.165, 1.54) is 15.9 Å². The number of carbonyl (C=O) groups excluding carboxylic acids is 1. The number of hydrogen-bond donors (Lipinski definition) is 1. The van der Waals surface area contributed by atoms with Gasteiger partial charge in [0.05, 0.1) is 29.5 Å². The number of benzene rings is 2. The minimum absolute atomic E-state index is 0.148. The third-order valence-corrected chi connectivity index (χ3v) is 7.68. The molecule has 0 saturated carbocycles. The quantitative estimate of drug-likeness (QED) is 0.568. The van der Waals surface area contributed by atoms with Crippen molar-refractivity contribution in [3.63, 3.8) is 0 Å². The summed E-state index contributed by atoms with van der Waals surface area (Å²) in [4.78, 5) is 14.9. The Hall–Kier alpha value is -2.62. The maximum absolute atomic E-state index is 13.0. The highest BCUT2D eigenvalue weighted by molar-refractivity contribution is 7.89. The van der Waals surface area contributed by atoms with Crippen molar-refractivity contribution in [2.45, 2.75) is 32.1 Å². The highest BCUT2D eigenvalue weighted by Crippen LogP contribution is 2.31. The Morgan fingerprint density at radius 1 is 1.06 bits per heavy atom. The molecular formula is C24H33N3O5S. The maximum atomic E-state index is 13.0. The van der Waals surface area contributed by atoms with Crippen LogP contribution in [0.15, 0.2) is 47.4 Å². The third kappa shape index (κ3) is 6.25. The molecule has 1 aliphatic rings. The number of amides is 1. The molecule has 1 amide bonds. The van der Waals surface area contributed by atoms with Gasteiger partial charge in [0.15, 0.2) is 6.61 Å². The summed E-state index contributed by atoms with van der Waals surface area (Å²) in [5.41, 5.74) is 2.39. The Bertz CT molecular complexity index is 1030. The van der Waals surface area contributed by atoms with E-state index in [0.717, 1.165) is 12.1 Å². The second kappa shape index (κ2) is 11.5. The van der Waals surface area contributed by atoms with Gasteiger partial charge in [-0.2, -0.15) is 4.31 Å². The van der Waals surface area contributed by atoms with Crippen molar-refractivity contribution in [2.75, 3.05) is 56.2 Å². The molecule has 0 aliphatic carbocycles. The van der Waals surface area contributed by atoms with Crippen LogP contribution in [0, 0.1) is 0 Å². The highest BCUT2D eigenvalue weighted by atomic mass is 32.2. The number of sulfonamides is 1. The Morgan fingerprint density at radius 2 is 1.73 bits per heavy atom. The van der Waals surface area contributed by atoms with E-state index in [0.29, 0.717) is 50.8 Å². The molecule has 1 N–H and O–H groups in total. The molecule has 3 rings (SSSR count). The first-order valence-corrected chi connectivity index (χ1v) is 12.8. The zero-order valence-corrected chi connectivity index (χ0v) is 20.4. The van der Waals surface area contributed by atoms with E-state index in [-0.39, 0.29) is 17.4 Å². The molecule has 1 heterocycles. The Labute approximate surface area is 196 Å². The average Bonchev–Trinajstić information content (AvgIpc) is 2.84. The molecule has 0 atom stereocenters. The Kier molecular flexibility index (Phi) is 8.71. The van der Waals surface area contributed by atoms with E-state index < -0.39 is 10.0 Å². The van der Waals surface area contributed by atoms with Crippen LogP contribution in [0.5, 0.6) is 5.75 Å². The van der Waals surface area contributed by atoms with Crippen LogP contribution in [0.4, 0.5) is 11.4 Å². The third-order valence-electron chi connectivity index (χ3n) is 5.64. The number of aryl methyl sites for hydroxylation is 1. The van der Waals surface area contributed by atoms with E-state index in [1.54, 1.807) is 26.0 Å². The maximum Gasteiger partial charge on any atom is 0.262 e. The van der Waals surface area contributed by atoms with E-state index in [4.69, 9.17) is 9.47 Å². The fraction of sp³-hybridized carbons (Fsp3) is 0.458. The lowest BCUT2D eigenvalue weighted by Gasteiger charge is -2.31. The largest absolute Gasteiger partial charge is 0.484 e. The fourth-order valence-electron chi connectivity index (χ4n) is 3.72. The van der Waals surface area contributed by atoms with Gasteiger partial charge in [-0.25, -0.2) is 8.42 Å². The molecule has 0 radical (unpaired) electrons. The van der Waals surface area contributed by atoms with Crippen molar-refractivity contribution < 1.29 is 22.7 Å². The molecular weight excluding hydrogens is 442 g/mol. The molecule has 9 heteroatoms. The summed E-state index contributed by atoms with van der Waals surface area (Å²) < 4.78 is 38.5. The van der Waals surface area contributed by atoms with Crippen LogP contribution >= 0.6 is 0 Å². The molecule has 180 valence electrons. The number of nitrogens with zero attached hydrogens (tertiary/aromatic N) is 2. The van der Waals surface area contributed by atoms with Gasteiger partial charge in [0.1, 0.15) is 5.75 Å². The summed E-state index contributed by atoms with van der Waals surface area (Å²) in [5, 5.41) is 2.86. The number of ether oxygens (including phenoxy) is 2. The number of anilines is 2. The van der Waals surface area contributed by atoms with Crippen LogP contribution < -0.4 is 15.0 Å². The normalized spacial score (nSPS) is 14.4. The van der Waals surface area contributed by atoms with Gasteiger partial charge in [0, 0.05) is 26.2 Å². The zero-order chi connectivity index (χ0) is 23.8. The number of morpholine rings is 1. The second-order valence-corrected chi connectivity index (χ2v) is 9.64. The van der Waals surface area contributed by atoms with Gasteiger partial charge in [-0.05, 0) is 42.3 Å². The van der Waals surface area contributed by atoms with Gasteiger partial charge in [0.25, 0.3) is 5.91 Å². The summed E-state index contributed by atoms with van der Waals surface area (Å²) >= 11 is 0. The lowest BCUT2D eigenvalue weighted by atomic mass is 10.2. The van der Waals surface area contributed by atoms with E-state index >= 15 is 0 Å². The summed E-state index contributed by atoms with van der Waals surface area (Å²) in [5.74, 6) is 0.245. The van der Waals surface area contributed by atoms with Gasteiger partial charge >= 0.3 is 0 Å². The molecule has 0 spiro atoms. The van der Waals surface area contributed by atoms with Crippen molar-refractivity contribution in [2.24, 2.45) is 0 Å². The summed E-state index contributed by atoms with van der Waals surface area (Å²) in [7, 11) is -3.66. The standard InChI is InChI=1S/C24H33N3O5S/c1-4-19-7-9-20(10-8-19)32-18-24(28)25-22-17-21(33(29,30)27(5-2)6-3)11-12-23(22)26-13-15-31-16-14-26/h7-12,17H,4-6,13-16,18H2,1-3H3,(H,25,28). The summed E-state index contributed by atoms with van der Waals surface area (Å²) in [6.07, 6.45) is 0.928. The molecule has 0 aromatic heterocycles. The monoisotopic (exact) mass is 475 g/mol. The van der Waals surface area contributed by atoms with Crippen LogP contribution in [0.3, 0.4) is 0 Å². The molecule has 0 unspecified atom stereocenters. The lowest BCUT2D eigenvalue weighted by Crippen LogP contribution is -2.37. The molecule has 8 nitrogen and oxygen atoms in total. The Balaban J connectivity index is 1.82. The topological polar surface area (TPSA) is 88.2 Å². The minimum Gasteiger partial charge on any atom is -0.484 e. The van der Waals surface area contributed by atoms with E-state index in [9.17, 15) is 13.2 Å². The van der Waals surface area contributed by atoms with Gasteiger partial charge in [-0.1, -0.05) is 32.9 Å². The van der Waals surface area contributed by atoms with Crippen LogP contribution in [0.2, 0.25) is 0 Å². The van der Waals surface area contributed by atoms with Crippen LogP contribution in [-0.2, 0) is 26.0 Å². The number of rotatable bonds is 10. The highest BCUT2D eigenvalue weighted by Gasteiger charge is 2.24. The molecule has 1 fully saturated rings. The minimum atomic E-state index is -3.66. The smallest absolute Gasteiger partial charge is 0.262 e. The average molecular weight is 476 g/mol. The molecule has 2 aromatic carbocycles. The Morgan fingerprint density at radius 3 is 2.33 bits per heavy atom. The van der Waals surface area contributed by atoms with Crippen molar-refractivity contribution in [3.8, 4) is 5.75 Å². The summed E-state index contributed by atoms with van der Waals surface area (Å²) in [6, 6.07) is 12.5. The van der Waals surface area contributed by atoms with Crippen molar-refractivity contribution in [3.05, 3.63) is 48.0 Å². The molecule has 2 aromatic rings. The fourth-order valence-corrected chi connectivity index (χ4v) is 5.21. The van der Waals surface area contributed by atoms with Gasteiger partial charge in [-0.15, -0.1) is 0 Å². The SMILES string of the molecule is CCc1ccc(OCC(=O)Nc2cc(S(=O)(=O)N(CC)CC)ccc2N2CCOCC2)cc1. The van der Waals surface area contributed by atoms with Crippen molar-refractivity contribution in [1.82, 2.24) is 4.31 Å². The van der Waals surface area contributed by atoms with Crippen molar-refractivity contribution >= 4 is 27.3 Å². The first-order valence-electron chi connectivity index (χ1n) is 11.4. The lowest BCUT2D eigenvalue weighted by molar-refractivity contribution is -0.118. The first-order chi connectivity index (χ1) is 15.9. The molecule has 1 aliphatic heterocycles. The molecule has 1 saturated heterocycles. The summed E-state index contributed by atoms with van der Waals surface area (Å²) in [6.45, 7) is 8.70.